The van der Waals surface area contributed by atoms with Crippen molar-refractivity contribution in [1.29, 1.82) is 0 Å². The number of halogens is 4. The Bertz CT molecular complexity index is 617. The minimum Gasteiger partial charge on any atom is -0.370 e. The van der Waals surface area contributed by atoms with Crippen LogP contribution in [0.5, 0.6) is 0 Å². The van der Waals surface area contributed by atoms with E-state index in [1.807, 2.05) is 4.72 Å². The zero-order valence-electron chi connectivity index (χ0n) is 9.87. The summed E-state index contributed by atoms with van der Waals surface area (Å²) in [7, 11) is -4.39. The van der Waals surface area contributed by atoms with Gasteiger partial charge >= 0.3 is 6.18 Å². The lowest BCUT2D eigenvalue weighted by Gasteiger charge is -2.14. The monoisotopic (exact) mass is 374 g/mol. The number of amides is 1. The van der Waals surface area contributed by atoms with Gasteiger partial charge in [0.1, 0.15) is 0 Å². The molecular formula is C10H10BrF3N2O3S. The summed E-state index contributed by atoms with van der Waals surface area (Å²) < 4.78 is 64.1. The van der Waals surface area contributed by atoms with E-state index in [4.69, 9.17) is 5.73 Å². The van der Waals surface area contributed by atoms with Crippen molar-refractivity contribution in [2.75, 3.05) is 6.54 Å². The molecule has 20 heavy (non-hydrogen) atoms. The molecule has 10 heteroatoms. The quantitative estimate of drug-likeness (QED) is 0.820. The summed E-state index contributed by atoms with van der Waals surface area (Å²) in [5, 5.41) is 0. The lowest BCUT2D eigenvalue weighted by Crippen LogP contribution is -2.29. The van der Waals surface area contributed by atoms with Crippen molar-refractivity contribution in [3.63, 3.8) is 0 Å². The van der Waals surface area contributed by atoms with Gasteiger partial charge in [-0.05, 0) is 18.2 Å². The molecular weight excluding hydrogens is 365 g/mol. The molecule has 0 bridgehead atoms. The lowest BCUT2D eigenvalue weighted by atomic mass is 10.2. The van der Waals surface area contributed by atoms with Crippen LogP contribution in [0.1, 0.15) is 12.0 Å². The Balaban J connectivity index is 3.15. The fourth-order valence-electron chi connectivity index (χ4n) is 1.34. The first-order valence-corrected chi connectivity index (χ1v) is 7.46. The van der Waals surface area contributed by atoms with Gasteiger partial charge in [-0.1, -0.05) is 15.9 Å². The molecule has 0 fully saturated rings. The van der Waals surface area contributed by atoms with E-state index in [1.165, 1.54) is 6.07 Å². The van der Waals surface area contributed by atoms with Gasteiger partial charge in [0.25, 0.3) is 0 Å². The van der Waals surface area contributed by atoms with Crippen LogP contribution in [-0.4, -0.2) is 20.9 Å². The number of nitrogens with two attached hydrogens (primary N) is 1. The number of carbonyl (C=O) groups is 1. The number of carbonyl (C=O) groups excluding carboxylic acids is 1. The van der Waals surface area contributed by atoms with Crippen LogP contribution in [0.2, 0.25) is 0 Å². The Labute approximate surface area is 121 Å². The maximum absolute atomic E-state index is 12.8. The van der Waals surface area contributed by atoms with Crippen molar-refractivity contribution in [3.8, 4) is 0 Å². The van der Waals surface area contributed by atoms with Gasteiger partial charge in [-0.15, -0.1) is 0 Å². The summed E-state index contributed by atoms with van der Waals surface area (Å²) in [6, 6.07) is 2.68. The molecule has 3 N–H and O–H groups in total. The summed E-state index contributed by atoms with van der Waals surface area (Å²) in [4.78, 5) is 9.59. The maximum atomic E-state index is 12.8. The Morgan fingerprint density at radius 1 is 1.35 bits per heavy atom. The third-order valence-corrected chi connectivity index (χ3v) is 4.21. The standard InChI is InChI=1S/C10H10BrF3N2O3S/c11-6-1-2-8(7(5-6)10(12,13)14)20(18,19)16-4-3-9(15)17/h1-2,5,16H,3-4H2,(H2,15,17). The number of hydrogen-bond donors (Lipinski definition) is 2. The van der Waals surface area contributed by atoms with Crippen molar-refractivity contribution >= 4 is 31.9 Å². The van der Waals surface area contributed by atoms with Crippen molar-refractivity contribution in [1.82, 2.24) is 4.72 Å². The molecule has 0 heterocycles. The van der Waals surface area contributed by atoms with Crippen LogP contribution in [-0.2, 0) is 21.0 Å². The molecule has 0 aliphatic heterocycles. The van der Waals surface area contributed by atoms with Crippen molar-refractivity contribution < 1.29 is 26.4 Å². The van der Waals surface area contributed by atoms with Gasteiger partial charge in [0.05, 0.1) is 10.5 Å². The smallest absolute Gasteiger partial charge is 0.370 e. The first kappa shape index (κ1) is 16.9. The van der Waals surface area contributed by atoms with Crippen LogP contribution in [0.15, 0.2) is 27.6 Å². The summed E-state index contributed by atoms with van der Waals surface area (Å²) >= 11 is 2.85. The van der Waals surface area contributed by atoms with Gasteiger partial charge in [-0.25, -0.2) is 13.1 Å². The molecule has 0 aliphatic carbocycles. The van der Waals surface area contributed by atoms with Crippen LogP contribution in [0.4, 0.5) is 13.2 Å². The van der Waals surface area contributed by atoms with E-state index in [2.05, 4.69) is 15.9 Å². The summed E-state index contributed by atoms with van der Waals surface area (Å²) in [5.41, 5.74) is 3.53. The first-order chi connectivity index (χ1) is 9.04. The minimum absolute atomic E-state index is 0.0981. The van der Waals surface area contributed by atoms with E-state index in [1.54, 1.807) is 0 Å². The van der Waals surface area contributed by atoms with Crippen LogP contribution in [0.25, 0.3) is 0 Å². The van der Waals surface area contributed by atoms with Crippen molar-refractivity contribution in [2.24, 2.45) is 5.73 Å². The molecule has 0 saturated heterocycles. The third-order valence-electron chi connectivity index (χ3n) is 2.20. The average molecular weight is 375 g/mol. The molecule has 0 saturated carbocycles. The molecule has 0 radical (unpaired) electrons. The van der Waals surface area contributed by atoms with E-state index in [9.17, 15) is 26.4 Å². The van der Waals surface area contributed by atoms with E-state index in [0.717, 1.165) is 6.07 Å². The van der Waals surface area contributed by atoms with Crippen LogP contribution < -0.4 is 10.5 Å². The second-order valence-corrected chi connectivity index (χ2v) is 6.40. The topological polar surface area (TPSA) is 89.3 Å². The Kier molecular flexibility index (Phi) is 5.16. The fraction of sp³-hybridized carbons (Fsp3) is 0.300. The average Bonchev–Trinajstić information content (AvgIpc) is 2.26. The molecule has 1 rings (SSSR count). The zero-order chi connectivity index (χ0) is 15.6. The number of rotatable bonds is 5. The van der Waals surface area contributed by atoms with E-state index < -0.39 is 32.6 Å². The van der Waals surface area contributed by atoms with Crippen molar-refractivity contribution in [2.45, 2.75) is 17.5 Å². The Morgan fingerprint density at radius 3 is 2.45 bits per heavy atom. The van der Waals surface area contributed by atoms with Crippen LogP contribution >= 0.6 is 15.9 Å². The lowest BCUT2D eigenvalue weighted by molar-refractivity contribution is -0.140. The highest BCUT2D eigenvalue weighted by Crippen LogP contribution is 2.35. The number of hydrogen-bond acceptors (Lipinski definition) is 3. The number of nitrogens with one attached hydrogen (secondary N) is 1. The second-order valence-electron chi connectivity index (χ2n) is 3.75. The molecule has 1 amide bonds. The van der Waals surface area contributed by atoms with E-state index >= 15 is 0 Å². The number of primary amides is 1. The molecule has 0 aromatic heterocycles. The molecule has 1 aromatic rings. The molecule has 0 aliphatic rings. The SMILES string of the molecule is NC(=O)CCNS(=O)(=O)c1ccc(Br)cc1C(F)(F)F. The number of benzene rings is 1. The first-order valence-electron chi connectivity index (χ1n) is 5.19. The highest BCUT2D eigenvalue weighted by atomic mass is 79.9. The normalized spacial score (nSPS) is 12.4. The predicted molar refractivity (Wildman–Crippen MR) is 68.1 cm³/mol. The van der Waals surface area contributed by atoms with Gasteiger partial charge in [0.2, 0.25) is 15.9 Å². The van der Waals surface area contributed by atoms with Crippen LogP contribution in [0.3, 0.4) is 0 Å². The predicted octanol–water partition coefficient (Wildman–Crippen LogP) is 1.62. The third kappa shape index (κ3) is 4.46. The van der Waals surface area contributed by atoms with Gasteiger partial charge in [0.15, 0.2) is 0 Å². The number of sulfonamides is 1. The second kappa shape index (κ2) is 6.10. The molecule has 0 atom stereocenters. The van der Waals surface area contributed by atoms with Gasteiger partial charge in [0, 0.05) is 17.4 Å². The van der Waals surface area contributed by atoms with Gasteiger partial charge < -0.3 is 5.73 Å². The maximum Gasteiger partial charge on any atom is 0.417 e. The highest BCUT2D eigenvalue weighted by molar-refractivity contribution is 9.10. The van der Waals surface area contributed by atoms with Gasteiger partial charge in [-0.3, -0.25) is 4.79 Å². The van der Waals surface area contributed by atoms with E-state index in [-0.39, 0.29) is 17.4 Å². The van der Waals surface area contributed by atoms with Crippen LogP contribution in [0, 0.1) is 0 Å². The minimum atomic E-state index is -4.82. The molecule has 0 spiro atoms. The van der Waals surface area contributed by atoms with Gasteiger partial charge in [-0.2, -0.15) is 13.2 Å². The zero-order valence-corrected chi connectivity index (χ0v) is 12.3. The van der Waals surface area contributed by atoms with Crippen molar-refractivity contribution in [3.05, 3.63) is 28.2 Å². The molecule has 1 aromatic carbocycles. The summed E-state index contributed by atoms with van der Waals surface area (Å²) in [5.74, 6) is -0.764. The molecule has 112 valence electrons. The summed E-state index contributed by atoms with van der Waals surface area (Å²) in [6.07, 6.45) is -5.13. The Hall–Kier alpha value is -1.13. The Morgan fingerprint density at radius 2 is 1.95 bits per heavy atom. The molecule has 0 unspecified atom stereocenters. The largest absolute Gasteiger partial charge is 0.417 e. The molecule has 5 nitrogen and oxygen atoms in total. The summed E-state index contributed by atoms with van der Waals surface area (Å²) in [6.45, 7) is -0.370. The number of alkyl halides is 3. The fourth-order valence-corrected chi connectivity index (χ4v) is 2.94. The highest BCUT2D eigenvalue weighted by Gasteiger charge is 2.37. The van der Waals surface area contributed by atoms with E-state index in [0.29, 0.717) is 6.07 Å².